The molecule has 202 valence electrons. The molecule has 0 heterocycles. The number of rotatable bonds is 13. The van der Waals surface area contributed by atoms with Gasteiger partial charge in [0.1, 0.15) is 18.0 Å². The van der Waals surface area contributed by atoms with Gasteiger partial charge in [0.05, 0.1) is 11.5 Å². The van der Waals surface area contributed by atoms with Gasteiger partial charge in [-0.25, -0.2) is 0 Å². The maximum atomic E-state index is 11.8. The topological polar surface area (TPSA) is 143 Å². The van der Waals surface area contributed by atoms with Crippen LogP contribution in [0.1, 0.15) is 64.7 Å². The summed E-state index contributed by atoms with van der Waals surface area (Å²) in [4.78, 5) is 34.7. The lowest BCUT2D eigenvalue weighted by Crippen LogP contribution is -2.41. The summed E-state index contributed by atoms with van der Waals surface area (Å²) in [5.74, 6) is -0.957. The molecule has 0 bridgehead atoms. The van der Waals surface area contributed by atoms with Gasteiger partial charge in [0, 0.05) is 24.6 Å². The number of nitrogens with two attached hydrogens (primary N) is 1. The van der Waals surface area contributed by atoms with E-state index in [2.05, 4.69) is 39.2 Å². The second kappa shape index (κ2) is 12.9. The Morgan fingerprint density at radius 1 is 1.11 bits per heavy atom. The number of nitro groups is 1. The Balaban J connectivity index is 2.92. The SMILES string of the molecule is CC(C)(C)OC(=O)CC/C=C/CNc1c(OCCO[Si](C)(C)C(C)(C)C)cc(C(N)=O)cc1[N+](=O)[O-]. The third kappa shape index (κ3) is 10.4. The smallest absolute Gasteiger partial charge is 0.306 e. The van der Waals surface area contributed by atoms with Gasteiger partial charge in [-0.05, 0) is 51.4 Å². The number of carbonyl (C=O) groups is 2. The number of allylic oxidation sites excluding steroid dienone is 1. The van der Waals surface area contributed by atoms with Crippen LogP contribution in [0, 0.1) is 10.1 Å². The lowest BCUT2D eigenvalue weighted by Gasteiger charge is -2.36. The van der Waals surface area contributed by atoms with Crippen LogP contribution in [0.4, 0.5) is 11.4 Å². The highest BCUT2D eigenvalue weighted by Crippen LogP contribution is 2.37. The fourth-order valence-electron chi connectivity index (χ4n) is 2.80. The first-order valence-corrected chi connectivity index (χ1v) is 14.8. The van der Waals surface area contributed by atoms with Crippen LogP contribution in [0.15, 0.2) is 24.3 Å². The van der Waals surface area contributed by atoms with Crippen LogP contribution in [0.3, 0.4) is 0 Å². The van der Waals surface area contributed by atoms with Gasteiger partial charge in [0.15, 0.2) is 14.0 Å². The molecule has 0 saturated carbocycles. The third-order valence-corrected chi connectivity index (χ3v) is 10.2. The molecule has 0 spiro atoms. The molecule has 1 aromatic carbocycles. The van der Waals surface area contributed by atoms with Crippen molar-refractivity contribution in [3.05, 3.63) is 40.0 Å². The molecule has 10 nitrogen and oxygen atoms in total. The van der Waals surface area contributed by atoms with Crippen LogP contribution >= 0.6 is 0 Å². The van der Waals surface area contributed by atoms with Crippen LogP contribution < -0.4 is 15.8 Å². The third-order valence-electron chi connectivity index (χ3n) is 5.67. The summed E-state index contributed by atoms with van der Waals surface area (Å²) < 4.78 is 17.2. The normalized spacial score (nSPS) is 12.4. The minimum absolute atomic E-state index is 0.0273. The van der Waals surface area contributed by atoms with Crippen LogP contribution in [-0.2, 0) is 14.0 Å². The molecule has 0 aromatic heterocycles. The summed E-state index contributed by atoms with van der Waals surface area (Å²) in [6, 6.07) is 2.51. The van der Waals surface area contributed by atoms with Crippen molar-refractivity contribution in [1.82, 2.24) is 0 Å². The van der Waals surface area contributed by atoms with E-state index in [4.69, 9.17) is 19.6 Å². The molecule has 1 amide bonds. The van der Waals surface area contributed by atoms with E-state index in [0.29, 0.717) is 13.0 Å². The van der Waals surface area contributed by atoms with Crippen molar-refractivity contribution in [2.75, 3.05) is 25.1 Å². The Morgan fingerprint density at radius 2 is 1.75 bits per heavy atom. The first-order chi connectivity index (χ1) is 16.4. The molecule has 3 N–H and O–H groups in total. The summed E-state index contributed by atoms with van der Waals surface area (Å²) in [6.45, 7) is 16.7. The zero-order chi connectivity index (χ0) is 27.7. The Labute approximate surface area is 214 Å². The second-order valence-corrected chi connectivity index (χ2v) is 15.7. The second-order valence-electron chi connectivity index (χ2n) is 10.9. The Hall–Kier alpha value is -2.92. The molecule has 0 aliphatic heterocycles. The predicted octanol–water partition coefficient (Wildman–Crippen LogP) is 5.18. The van der Waals surface area contributed by atoms with E-state index < -0.39 is 24.7 Å². The molecular formula is C25H41N3O7Si. The fourth-order valence-corrected chi connectivity index (χ4v) is 3.83. The van der Waals surface area contributed by atoms with Gasteiger partial charge < -0.3 is 25.0 Å². The minimum atomic E-state index is -1.99. The van der Waals surface area contributed by atoms with E-state index in [1.54, 1.807) is 32.9 Å². The summed E-state index contributed by atoms with van der Waals surface area (Å²) in [5.41, 5.74) is 4.62. The maximum Gasteiger partial charge on any atom is 0.306 e. The summed E-state index contributed by atoms with van der Waals surface area (Å²) in [7, 11) is -1.99. The highest BCUT2D eigenvalue weighted by molar-refractivity contribution is 6.74. The largest absolute Gasteiger partial charge is 0.489 e. The Kier molecular flexibility index (Phi) is 11.1. The number of anilines is 1. The summed E-state index contributed by atoms with van der Waals surface area (Å²) >= 11 is 0. The fraction of sp³-hybridized carbons (Fsp3) is 0.600. The van der Waals surface area contributed by atoms with Crippen molar-refractivity contribution in [2.45, 2.75) is 78.1 Å². The maximum absolute atomic E-state index is 11.8. The lowest BCUT2D eigenvalue weighted by molar-refractivity contribution is -0.384. The molecule has 0 saturated heterocycles. The average Bonchev–Trinajstić information content (AvgIpc) is 2.71. The number of nitrogens with zero attached hydrogens (tertiary/aromatic N) is 1. The number of nitro benzene ring substituents is 1. The van der Waals surface area contributed by atoms with Gasteiger partial charge in [0.2, 0.25) is 5.91 Å². The lowest BCUT2D eigenvalue weighted by atomic mass is 10.1. The predicted molar refractivity (Wildman–Crippen MR) is 143 cm³/mol. The van der Waals surface area contributed by atoms with E-state index in [0.717, 1.165) is 6.07 Å². The number of hydrogen-bond donors (Lipinski definition) is 2. The number of primary amides is 1. The number of amides is 1. The van der Waals surface area contributed by atoms with E-state index in [9.17, 15) is 19.7 Å². The molecule has 36 heavy (non-hydrogen) atoms. The number of esters is 1. The van der Waals surface area contributed by atoms with Gasteiger partial charge in [0.25, 0.3) is 5.69 Å². The first kappa shape index (κ1) is 31.1. The zero-order valence-electron chi connectivity index (χ0n) is 22.7. The van der Waals surface area contributed by atoms with Gasteiger partial charge in [-0.3, -0.25) is 19.7 Å². The van der Waals surface area contributed by atoms with E-state index in [1.807, 2.05) is 0 Å². The van der Waals surface area contributed by atoms with Crippen LogP contribution in [0.2, 0.25) is 18.1 Å². The number of ether oxygens (including phenoxy) is 2. The highest BCUT2D eigenvalue weighted by Gasteiger charge is 2.37. The summed E-state index contributed by atoms with van der Waals surface area (Å²) in [6.07, 6.45) is 4.23. The van der Waals surface area contributed by atoms with Crippen LogP contribution in [0.25, 0.3) is 0 Å². The van der Waals surface area contributed by atoms with Crippen LogP contribution in [-0.4, -0.2) is 50.5 Å². The van der Waals surface area contributed by atoms with Crippen molar-refractivity contribution in [3.8, 4) is 5.75 Å². The van der Waals surface area contributed by atoms with Crippen molar-refractivity contribution in [2.24, 2.45) is 5.73 Å². The molecule has 0 radical (unpaired) electrons. The van der Waals surface area contributed by atoms with Crippen molar-refractivity contribution in [3.63, 3.8) is 0 Å². The monoisotopic (exact) mass is 523 g/mol. The zero-order valence-corrected chi connectivity index (χ0v) is 23.7. The molecule has 0 aliphatic rings. The number of hydrogen-bond acceptors (Lipinski definition) is 8. The van der Waals surface area contributed by atoms with Gasteiger partial charge >= 0.3 is 5.97 Å². The van der Waals surface area contributed by atoms with Gasteiger partial charge in [-0.1, -0.05) is 32.9 Å². The minimum Gasteiger partial charge on any atom is -0.489 e. The number of carbonyl (C=O) groups excluding carboxylic acids is 2. The molecule has 0 fully saturated rings. The molecule has 1 rings (SSSR count). The van der Waals surface area contributed by atoms with E-state index in [1.165, 1.54) is 6.07 Å². The molecule has 0 atom stereocenters. The van der Waals surface area contributed by atoms with Crippen molar-refractivity contribution < 1.29 is 28.4 Å². The van der Waals surface area contributed by atoms with E-state index in [-0.39, 0.29) is 53.3 Å². The van der Waals surface area contributed by atoms with Gasteiger partial charge in [-0.15, -0.1) is 0 Å². The van der Waals surface area contributed by atoms with E-state index >= 15 is 0 Å². The number of benzene rings is 1. The molecule has 0 unspecified atom stereocenters. The average molecular weight is 524 g/mol. The molecule has 1 aromatic rings. The molecule has 11 heteroatoms. The van der Waals surface area contributed by atoms with Crippen molar-refractivity contribution >= 4 is 31.6 Å². The highest BCUT2D eigenvalue weighted by atomic mass is 28.4. The Morgan fingerprint density at radius 3 is 2.28 bits per heavy atom. The standard InChI is InChI=1S/C25H41N3O7Si/c1-24(2,3)35-21(29)12-10-9-11-13-27-22-19(28(31)32)16-18(23(26)30)17-20(22)33-14-15-34-36(7,8)25(4,5)6/h9,11,16-17,27H,10,12-15H2,1-8H3,(H2,26,30)/b11-9+. The molecule has 0 aliphatic carbocycles. The first-order valence-electron chi connectivity index (χ1n) is 11.9. The van der Waals surface area contributed by atoms with Gasteiger partial charge in [-0.2, -0.15) is 0 Å². The summed E-state index contributed by atoms with van der Waals surface area (Å²) in [5, 5.41) is 14.7. The quantitative estimate of drug-likeness (QED) is 0.0898. The Bertz CT molecular complexity index is 964. The van der Waals surface area contributed by atoms with Crippen LogP contribution in [0.5, 0.6) is 5.75 Å². The molecular weight excluding hydrogens is 482 g/mol. The van der Waals surface area contributed by atoms with Crippen molar-refractivity contribution in [1.29, 1.82) is 0 Å². The number of nitrogens with one attached hydrogen (secondary N) is 1.